The van der Waals surface area contributed by atoms with Gasteiger partial charge < -0.3 is 20.7 Å². The number of carbonyl (C=O) groups is 1. The number of alkyl halides is 3. The van der Waals surface area contributed by atoms with Gasteiger partial charge in [0, 0.05) is 25.0 Å². The highest BCUT2D eigenvalue weighted by molar-refractivity contribution is 5.82. The lowest BCUT2D eigenvalue weighted by Gasteiger charge is -2.58. The number of nitrogens with one attached hydrogen (secondary N) is 1. The quantitative estimate of drug-likeness (QED) is 0.817. The third-order valence-electron chi connectivity index (χ3n) is 4.70. The Balaban J connectivity index is 1.47. The minimum Gasteiger partial charge on any atom is -0.489 e. The molecule has 1 amide bonds. The number of nitrogens with two attached hydrogens (primary N) is 1. The van der Waals surface area contributed by atoms with Crippen LogP contribution in [0.2, 0.25) is 0 Å². The molecule has 3 N–H and O–H groups in total. The smallest absolute Gasteiger partial charge is 0.471 e. The first-order valence-corrected chi connectivity index (χ1v) is 7.61. The van der Waals surface area contributed by atoms with Gasteiger partial charge in [-0.05, 0) is 25.8 Å². The molecular formula is C15H20F3N3O2. The number of likely N-dealkylation sites (tertiary alicyclic amines) is 1. The maximum atomic E-state index is 12.3. The van der Waals surface area contributed by atoms with E-state index in [0.29, 0.717) is 19.4 Å². The fraction of sp³-hybridized carbons (Fsp3) is 0.667. The van der Waals surface area contributed by atoms with Gasteiger partial charge in [-0.3, -0.25) is 4.79 Å². The molecule has 1 aliphatic carbocycles. The third-order valence-corrected chi connectivity index (χ3v) is 4.70. The predicted octanol–water partition coefficient (Wildman–Crippen LogP) is 1.27. The van der Waals surface area contributed by atoms with Crippen molar-refractivity contribution in [1.82, 2.24) is 10.2 Å². The number of carbonyl (C=O) groups excluding carboxylic acids is 1. The van der Waals surface area contributed by atoms with E-state index >= 15 is 0 Å². The summed E-state index contributed by atoms with van der Waals surface area (Å²) in [6, 6.07) is 0.101. The molecule has 0 aromatic heterocycles. The Bertz CT molecular complexity index is 557. The maximum absolute atomic E-state index is 12.3. The lowest BCUT2D eigenvalue weighted by Crippen LogP contribution is -2.67. The number of hydrogen-bond acceptors (Lipinski definition) is 4. The van der Waals surface area contributed by atoms with Gasteiger partial charge in [-0.1, -0.05) is 6.08 Å². The van der Waals surface area contributed by atoms with Crippen molar-refractivity contribution in [3.63, 3.8) is 0 Å². The van der Waals surface area contributed by atoms with Crippen LogP contribution in [0.5, 0.6) is 0 Å². The Morgan fingerprint density at radius 1 is 1.48 bits per heavy atom. The Morgan fingerprint density at radius 3 is 2.65 bits per heavy atom. The second kappa shape index (κ2) is 5.43. The number of nitrogens with zero attached hydrogens (tertiary/aromatic N) is 1. The van der Waals surface area contributed by atoms with Crippen LogP contribution in [-0.4, -0.2) is 48.8 Å². The van der Waals surface area contributed by atoms with E-state index in [0.717, 1.165) is 16.4 Å². The zero-order valence-corrected chi connectivity index (χ0v) is 12.8. The van der Waals surface area contributed by atoms with Gasteiger partial charge in [0.2, 0.25) is 0 Å². The van der Waals surface area contributed by atoms with Crippen molar-refractivity contribution < 1.29 is 22.7 Å². The lowest BCUT2D eigenvalue weighted by atomic mass is 9.61. The molecule has 2 fully saturated rings. The Kier molecular flexibility index (Phi) is 3.82. The Labute approximate surface area is 132 Å². The molecule has 1 atom stereocenters. The number of rotatable bonds is 3. The molecular weight excluding hydrogens is 311 g/mol. The van der Waals surface area contributed by atoms with Crippen molar-refractivity contribution in [3.05, 3.63) is 23.6 Å². The van der Waals surface area contributed by atoms with Crippen LogP contribution in [0.15, 0.2) is 23.6 Å². The van der Waals surface area contributed by atoms with Crippen LogP contribution in [0, 0.1) is 5.41 Å². The highest BCUT2D eigenvalue weighted by atomic mass is 19.4. The van der Waals surface area contributed by atoms with E-state index in [-0.39, 0.29) is 30.7 Å². The number of amides is 1. The van der Waals surface area contributed by atoms with Crippen LogP contribution < -0.4 is 11.1 Å². The van der Waals surface area contributed by atoms with E-state index in [1.54, 1.807) is 0 Å². The van der Waals surface area contributed by atoms with E-state index in [1.807, 2.05) is 19.1 Å². The maximum Gasteiger partial charge on any atom is 0.471 e. The average Bonchev–Trinajstić information content (AvgIpc) is 2.39. The monoisotopic (exact) mass is 331 g/mol. The molecule has 8 heteroatoms. The zero-order chi connectivity index (χ0) is 16.8. The predicted molar refractivity (Wildman–Crippen MR) is 77.0 cm³/mol. The topological polar surface area (TPSA) is 67.6 Å². The molecule has 0 radical (unpaired) electrons. The van der Waals surface area contributed by atoms with Crippen LogP contribution in [0.3, 0.4) is 0 Å². The standard InChI is InChI=1S/C15H20F3N3O2/c1-9-12(3-2-10(6-19)20-9)23-11-4-14(5-11)7-21(8-14)13(22)15(16,17)18/h2-3,10-11,20H,4-8,19H2,1H3. The number of dihydropyridines is 1. The van der Waals surface area contributed by atoms with Gasteiger partial charge in [-0.2, -0.15) is 13.2 Å². The SMILES string of the molecule is CC1=C(OC2CC3(C2)CN(C(=O)C(F)(F)F)C3)C=CC(CN)N1. The molecule has 0 bridgehead atoms. The number of halogens is 3. The van der Waals surface area contributed by atoms with Crippen molar-refractivity contribution in [3.8, 4) is 0 Å². The van der Waals surface area contributed by atoms with E-state index in [4.69, 9.17) is 10.5 Å². The van der Waals surface area contributed by atoms with Crippen molar-refractivity contribution in [2.45, 2.75) is 38.1 Å². The molecule has 2 aliphatic heterocycles. The van der Waals surface area contributed by atoms with Crippen molar-refractivity contribution in [2.75, 3.05) is 19.6 Å². The normalized spacial score (nSPS) is 26.7. The highest BCUT2D eigenvalue weighted by Crippen LogP contribution is 2.51. The summed E-state index contributed by atoms with van der Waals surface area (Å²) in [5.74, 6) is -0.990. The van der Waals surface area contributed by atoms with Gasteiger partial charge in [0.15, 0.2) is 0 Å². The van der Waals surface area contributed by atoms with Crippen molar-refractivity contribution in [1.29, 1.82) is 0 Å². The van der Waals surface area contributed by atoms with E-state index in [1.165, 1.54) is 0 Å². The summed E-state index contributed by atoms with van der Waals surface area (Å²) in [5, 5.41) is 3.22. The van der Waals surface area contributed by atoms with E-state index in [2.05, 4.69) is 5.32 Å². The van der Waals surface area contributed by atoms with E-state index in [9.17, 15) is 18.0 Å². The summed E-state index contributed by atoms with van der Waals surface area (Å²) >= 11 is 0. The number of allylic oxidation sites excluding steroid dienone is 2. The summed E-state index contributed by atoms with van der Waals surface area (Å²) in [7, 11) is 0. The summed E-state index contributed by atoms with van der Waals surface area (Å²) < 4.78 is 42.9. The van der Waals surface area contributed by atoms with Crippen LogP contribution >= 0.6 is 0 Å². The van der Waals surface area contributed by atoms with Gasteiger partial charge in [-0.25, -0.2) is 0 Å². The fourth-order valence-corrected chi connectivity index (χ4v) is 3.50. The molecule has 2 heterocycles. The third kappa shape index (κ3) is 3.04. The minimum atomic E-state index is -4.78. The molecule has 128 valence electrons. The van der Waals surface area contributed by atoms with Crippen LogP contribution in [0.1, 0.15) is 19.8 Å². The molecule has 3 rings (SSSR count). The fourth-order valence-electron chi connectivity index (χ4n) is 3.50. The van der Waals surface area contributed by atoms with Crippen LogP contribution in [-0.2, 0) is 9.53 Å². The molecule has 0 aromatic rings. The second-order valence-electron chi connectivity index (χ2n) is 6.64. The molecule has 23 heavy (non-hydrogen) atoms. The van der Waals surface area contributed by atoms with Crippen molar-refractivity contribution >= 4 is 5.91 Å². The summed E-state index contributed by atoms with van der Waals surface area (Å²) in [6.45, 7) is 2.75. The van der Waals surface area contributed by atoms with Gasteiger partial charge in [0.25, 0.3) is 0 Å². The van der Waals surface area contributed by atoms with Gasteiger partial charge in [0.05, 0.1) is 11.7 Å². The van der Waals surface area contributed by atoms with Crippen LogP contribution in [0.4, 0.5) is 13.2 Å². The molecule has 1 spiro atoms. The first kappa shape index (κ1) is 16.2. The molecule has 1 unspecified atom stereocenters. The largest absolute Gasteiger partial charge is 0.489 e. The highest BCUT2D eigenvalue weighted by Gasteiger charge is 2.58. The first-order valence-electron chi connectivity index (χ1n) is 7.61. The summed E-state index contributed by atoms with van der Waals surface area (Å²) in [6.07, 6.45) is 0.391. The minimum absolute atomic E-state index is 0.0102. The van der Waals surface area contributed by atoms with E-state index < -0.39 is 12.1 Å². The first-order chi connectivity index (χ1) is 10.7. The molecule has 1 saturated heterocycles. The van der Waals surface area contributed by atoms with Gasteiger partial charge >= 0.3 is 12.1 Å². The second-order valence-corrected chi connectivity index (χ2v) is 6.64. The lowest BCUT2D eigenvalue weighted by molar-refractivity contribution is -0.207. The summed E-state index contributed by atoms with van der Waals surface area (Å²) in [5.41, 5.74) is 6.31. The molecule has 3 aliphatic rings. The Morgan fingerprint density at radius 2 is 2.13 bits per heavy atom. The number of ether oxygens (including phenoxy) is 1. The Hall–Kier alpha value is -1.70. The summed E-state index contributed by atoms with van der Waals surface area (Å²) in [4.78, 5) is 12.0. The van der Waals surface area contributed by atoms with Gasteiger partial charge in [-0.15, -0.1) is 0 Å². The zero-order valence-electron chi connectivity index (χ0n) is 12.8. The number of hydrogen-bond donors (Lipinski definition) is 2. The van der Waals surface area contributed by atoms with Crippen LogP contribution in [0.25, 0.3) is 0 Å². The average molecular weight is 331 g/mol. The molecule has 0 aromatic carbocycles. The van der Waals surface area contributed by atoms with Crippen molar-refractivity contribution in [2.24, 2.45) is 11.1 Å². The molecule has 5 nitrogen and oxygen atoms in total. The molecule has 1 saturated carbocycles. The van der Waals surface area contributed by atoms with Gasteiger partial charge in [0.1, 0.15) is 11.9 Å².